The fourth-order valence-electron chi connectivity index (χ4n) is 1.78. The van der Waals surface area contributed by atoms with Crippen molar-refractivity contribution >= 4 is 27.0 Å². The zero-order valence-electron chi connectivity index (χ0n) is 11.8. The van der Waals surface area contributed by atoms with Gasteiger partial charge < -0.3 is 5.73 Å². The molecule has 3 N–H and O–H groups in total. The lowest BCUT2D eigenvalue weighted by Crippen LogP contribution is -2.11. The minimum atomic E-state index is -3.53. The number of anilines is 1. The summed E-state index contributed by atoms with van der Waals surface area (Å²) in [6.07, 6.45) is 0. The SMILES string of the molecule is Cc1ccc(S(=O)(=O)Nc2ccc(C#CCN)c(C)c2)s1. The van der Waals surface area contributed by atoms with Crippen LogP contribution in [0.3, 0.4) is 0 Å². The average molecular weight is 320 g/mol. The van der Waals surface area contributed by atoms with Crippen LogP contribution >= 0.6 is 11.3 Å². The van der Waals surface area contributed by atoms with Gasteiger partial charge in [0.1, 0.15) is 4.21 Å². The van der Waals surface area contributed by atoms with Crippen LogP contribution in [0.5, 0.6) is 0 Å². The molecule has 1 aromatic carbocycles. The molecule has 6 heteroatoms. The summed E-state index contributed by atoms with van der Waals surface area (Å²) < 4.78 is 27.4. The number of thiophene rings is 1. The van der Waals surface area contributed by atoms with E-state index in [4.69, 9.17) is 5.73 Å². The molecule has 0 aliphatic rings. The largest absolute Gasteiger partial charge is 0.320 e. The van der Waals surface area contributed by atoms with Crippen LogP contribution < -0.4 is 10.5 Å². The lowest BCUT2D eigenvalue weighted by molar-refractivity contribution is 0.603. The van der Waals surface area contributed by atoms with Gasteiger partial charge in [0.05, 0.1) is 6.54 Å². The summed E-state index contributed by atoms with van der Waals surface area (Å²) in [5.74, 6) is 5.73. The van der Waals surface area contributed by atoms with Crippen molar-refractivity contribution in [1.29, 1.82) is 0 Å². The first-order chi connectivity index (χ1) is 9.92. The molecule has 0 saturated heterocycles. The van der Waals surface area contributed by atoms with Gasteiger partial charge in [-0.1, -0.05) is 11.8 Å². The normalized spacial score (nSPS) is 10.8. The third kappa shape index (κ3) is 3.85. The van der Waals surface area contributed by atoms with E-state index in [1.807, 2.05) is 13.8 Å². The smallest absolute Gasteiger partial charge is 0.271 e. The van der Waals surface area contributed by atoms with Crippen LogP contribution in [0.2, 0.25) is 0 Å². The monoisotopic (exact) mass is 320 g/mol. The third-order valence-electron chi connectivity index (χ3n) is 2.78. The second kappa shape index (κ2) is 6.31. The van der Waals surface area contributed by atoms with Crippen LogP contribution in [-0.2, 0) is 10.0 Å². The number of aryl methyl sites for hydroxylation is 2. The molecular weight excluding hydrogens is 304 g/mol. The van der Waals surface area contributed by atoms with Crippen molar-refractivity contribution in [1.82, 2.24) is 0 Å². The molecule has 0 unspecified atom stereocenters. The zero-order valence-corrected chi connectivity index (χ0v) is 13.4. The van der Waals surface area contributed by atoms with Crippen molar-refractivity contribution in [3.05, 3.63) is 46.3 Å². The third-order valence-corrected chi connectivity index (χ3v) is 5.66. The van der Waals surface area contributed by atoms with E-state index in [0.717, 1.165) is 16.0 Å². The second-order valence-corrected chi connectivity index (χ2v) is 7.70. The summed E-state index contributed by atoms with van der Waals surface area (Å²) in [6, 6.07) is 8.64. The van der Waals surface area contributed by atoms with Gasteiger partial charge in [-0.2, -0.15) is 0 Å². The molecule has 110 valence electrons. The topological polar surface area (TPSA) is 72.2 Å². The Bertz CT molecular complexity index is 812. The maximum absolute atomic E-state index is 12.2. The Morgan fingerprint density at radius 3 is 2.57 bits per heavy atom. The van der Waals surface area contributed by atoms with Crippen molar-refractivity contribution < 1.29 is 8.42 Å². The Morgan fingerprint density at radius 2 is 2.00 bits per heavy atom. The van der Waals surface area contributed by atoms with Crippen LogP contribution in [0.1, 0.15) is 16.0 Å². The highest BCUT2D eigenvalue weighted by atomic mass is 32.2. The number of hydrogen-bond donors (Lipinski definition) is 2. The van der Waals surface area contributed by atoms with Crippen LogP contribution in [0.25, 0.3) is 0 Å². The first-order valence-electron chi connectivity index (χ1n) is 6.31. The minimum Gasteiger partial charge on any atom is -0.320 e. The molecule has 0 saturated carbocycles. The van der Waals surface area contributed by atoms with Crippen LogP contribution in [0, 0.1) is 25.7 Å². The standard InChI is InChI=1S/C15H16N2O2S2/c1-11-10-14(7-6-13(11)4-3-9-16)17-21(18,19)15-8-5-12(2)20-15/h5-8,10,17H,9,16H2,1-2H3. The molecule has 0 bridgehead atoms. The molecule has 1 heterocycles. The number of benzene rings is 1. The van der Waals surface area contributed by atoms with Crippen LogP contribution in [0.15, 0.2) is 34.5 Å². The number of rotatable bonds is 3. The highest BCUT2D eigenvalue weighted by molar-refractivity contribution is 7.94. The highest BCUT2D eigenvalue weighted by Gasteiger charge is 2.16. The number of hydrogen-bond acceptors (Lipinski definition) is 4. The zero-order chi connectivity index (χ0) is 15.5. The lowest BCUT2D eigenvalue weighted by Gasteiger charge is -2.08. The highest BCUT2D eigenvalue weighted by Crippen LogP contribution is 2.24. The molecule has 0 amide bonds. The van der Waals surface area contributed by atoms with Gasteiger partial charge in [-0.15, -0.1) is 11.3 Å². The summed E-state index contributed by atoms with van der Waals surface area (Å²) in [6.45, 7) is 4.05. The first kappa shape index (κ1) is 15.6. The van der Waals surface area contributed by atoms with Crippen LogP contribution in [0.4, 0.5) is 5.69 Å². The van der Waals surface area contributed by atoms with E-state index in [1.54, 1.807) is 30.3 Å². The van der Waals surface area contributed by atoms with E-state index in [9.17, 15) is 8.42 Å². The van der Waals surface area contributed by atoms with E-state index in [-0.39, 0.29) is 0 Å². The maximum atomic E-state index is 12.2. The molecule has 0 aliphatic carbocycles. The summed E-state index contributed by atoms with van der Waals surface area (Å²) in [4.78, 5) is 0.957. The van der Waals surface area contributed by atoms with E-state index in [1.165, 1.54) is 11.3 Å². The van der Waals surface area contributed by atoms with Gasteiger partial charge in [-0.25, -0.2) is 8.42 Å². The molecule has 0 radical (unpaired) electrons. The average Bonchev–Trinajstić information content (AvgIpc) is 2.85. The van der Waals surface area contributed by atoms with Crippen molar-refractivity contribution in [2.45, 2.75) is 18.1 Å². The fourth-order valence-corrected chi connectivity index (χ4v) is 4.11. The minimum absolute atomic E-state index is 0.297. The van der Waals surface area contributed by atoms with Crippen molar-refractivity contribution in [3.8, 4) is 11.8 Å². The Balaban J connectivity index is 2.26. The van der Waals surface area contributed by atoms with Gasteiger partial charge in [0.25, 0.3) is 10.0 Å². The molecule has 4 nitrogen and oxygen atoms in total. The summed E-state index contributed by atoms with van der Waals surface area (Å²) in [7, 11) is -3.53. The van der Waals surface area contributed by atoms with E-state index >= 15 is 0 Å². The summed E-state index contributed by atoms with van der Waals surface area (Å²) in [5.41, 5.74) is 7.61. The Hall–Kier alpha value is -1.81. The summed E-state index contributed by atoms with van der Waals surface area (Å²) >= 11 is 1.25. The molecule has 2 rings (SSSR count). The van der Waals surface area contributed by atoms with E-state index in [0.29, 0.717) is 16.4 Å². The fraction of sp³-hybridized carbons (Fsp3) is 0.200. The molecular formula is C15H16N2O2S2. The number of nitrogens with one attached hydrogen (secondary N) is 1. The molecule has 1 aromatic heterocycles. The molecule has 0 atom stereocenters. The predicted molar refractivity (Wildman–Crippen MR) is 87.0 cm³/mol. The van der Waals surface area contributed by atoms with Gasteiger partial charge in [-0.3, -0.25) is 4.72 Å². The van der Waals surface area contributed by atoms with Crippen molar-refractivity contribution in [2.24, 2.45) is 5.73 Å². The second-order valence-electron chi connectivity index (χ2n) is 4.51. The molecule has 21 heavy (non-hydrogen) atoms. The van der Waals surface area contributed by atoms with Gasteiger partial charge in [0.15, 0.2) is 0 Å². The van der Waals surface area contributed by atoms with Gasteiger partial charge in [-0.05, 0) is 49.7 Å². The van der Waals surface area contributed by atoms with Gasteiger partial charge in [0.2, 0.25) is 0 Å². The maximum Gasteiger partial charge on any atom is 0.271 e. The Labute approximate surface area is 129 Å². The van der Waals surface area contributed by atoms with Crippen molar-refractivity contribution in [2.75, 3.05) is 11.3 Å². The Kier molecular flexibility index (Phi) is 4.68. The summed E-state index contributed by atoms with van der Waals surface area (Å²) in [5, 5.41) is 0. The molecule has 0 spiro atoms. The van der Waals surface area contributed by atoms with E-state index in [2.05, 4.69) is 16.6 Å². The van der Waals surface area contributed by atoms with E-state index < -0.39 is 10.0 Å². The van der Waals surface area contributed by atoms with Crippen LogP contribution in [-0.4, -0.2) is 15.0 Å². The molecule has 0 fully saturated rings. The predicted octanol–water partition coefficient (Wildman–Crippen LogP) is 2.48. The first-order valence-corrected chi connectivity index (χ1v) is 8.61. The number of sulfonamides is 1. The van der Waals surface area contributed by atoms with Gasteiger partial charge in [0, 0.05) is 16.1 Å². The lowest BCUT2D eigenvalue weighted by atomic mass is 10.1. The van der Waals surface area contributed by atoms with Crippen molar-refractivity contribution in [3.63, 3.8) is 0 Å². The Morgan fingerprint density at radius 1 is 1.24 bits per heavy atom. The quantitative estimate of drug-likeness (QED) is 0.853. The van der Waals surface area contributed by atoms with Gasteiger partial charge >= 0.3 is 0 Å². The number of nitrogens with two attached hydrogens (primary N) is 1. The molecule has 2 aromatic rings. The molecule has 0 aliphatic heterocycles.